The van der Waals surface area contributed by atoms with Crippen molar-refractivity contribution in [2.45, 2.75) is 24.7 Å². The minimum absolute atomic E-state index is 0.255. The van der Waals surface area contributed by atoms with Crippen LogP contribution in [0.3, 0.4) is 0 Å². The molecule has 0 aromatic heterocycles. The number of carboxylic acids is 1. The van der Waals surface area contributed by atoms with Crippen molar-refractivity contribution in [2.24, 2.45) is 10.2 Å². The van der Waals surface area contributed by atoms with Crippen LogP contribution in [0.15, 0.2) is 34.5 Å². The van der Waals surface area contributed by atoms with Crippen LogP contribution in [0, 0.1) is 0 Å². The molecule has 0 radical (unpaired) electrons. The van der Waals surface area contributed by atoms with Gasteiger partial charge in [0.05, 0.1) is 12.1 Å². The maximum Gasteiger partial charge on any atom is 0.305 e. The number of nitrogens with zero attached hydrogens (tertiary/aromatic N) is 2. The SMILES string of the molecule is C/C(=N\N=C1/NC(=O)[C@@H](CC(=O)O)S1)[C@H]1COc2ccccc2O1. The van der Waals surface area contributed by atoms with E-state index in [0.29, 0.717) is 23.8 Å². The normalized spacial score (nSPS) is 24.8. The van der Waals surface area contributed by atoms with Gasteiger partial charge in [0.2, 0.25) is 5.91 Å². The number of ether oxygens (including phenoxy) is 2. The van der Waals surface area contributed by atoms with E-state index in [-0.39, 0.29) is 23.6 Å². The predicted molar refractivity (Wildman–Crippen MR) is 88.7 cm³/mol. The van der Waals surface area contributed by atoms with E-state index in [4.69, 9.17) is 14.6 Å². The van der Waals surface area contributed by atoms with Gasteiger partial charge in [-0.1, -0.05) is 23.9 Å². The van der Waals surface area contributed by atoms with Gasteiger partial charge in [-0.15, -0.1) is 5.10 Å². The molecule has 1 amide bonds. The quantitative estimate of drug-likeness (QED) is 0.626. The van der Waals surface area contributed by atoms with Gasteiger partial charge < -0.3 is 19.9 Å². The second-order valence-electron chi connectivity index (χ2n) is 5.20. The Morgan fingerprint density at radius 2 is 2.17 bits per heavy atom. The van der Waals surface area contributed by atoms with E-state index in [1.54, 1.807) is 6.92 Å². The number of hydrogen-bond donors (Lipinski definition) is 2. The van der Waals surface area contributed by atoms with Crippen LogP contribution in [0.5, 0.6) is 11.5 Å². The third-order valence-corrected chi connectivity index (χ3v) is 4.48. The number of nitrogens with one attached hydrogen (secondary N) is 1. The Balaban J connectivity index is 1.65. The average molecular weight is 349 g/mol. The van der Waals surface area contributed by atoms with Crippen molar-refractivity contribution < 1.29 is 24.2 Å². The van der Waals surface area contributed by atoms with Crippen molar-refractivity contribution in [3.63, 3.8) is 0 Å². The molecule has 3 rings (SSSR count). The Bertz CT molecular complexity index is 734. The molecule has 0 saturated carbocycles. The van der Waals surface area contributed by atoms with Crippen molar-refractivity contribution in [1.82, 2.24) is 5.32 Å². The summed E-state index contributed by atoms with van der Waals surface area (Å²) in [7, 11) is 0. The number of amides is 1. The Morgan fingerprint density at radius 1 is 1.42 bits per heavy atom. The van der Waals surface area contributed by atoms with Crippen molar-refractivity contribution in [1.29, 1.82) is 0 Å². The van der Waals surface area contributed by atoms with Crippen LogP contribution in [0.25, 0.3) is 0 Å². The zero-order chi connectivity index (χ0) is 17.1. The first kappa shape index (κ1) is 16.3. The number of para-hydroxylation sites is 2. The third-order valence-electron chi connectivity index (χ3n) is 3.41. The van der Waals surface area contributed by atoms with E-state index in [1.807, 2.05) is 24.3 Å². The fourth-order valence-electron chi connectivity index (χ4n) is 2.16. The van der Waals surface area contributed by atoms with Crippen LogP contribution in [-0.2, 0) is 9.59 Å². The Morgan fingerprint density at radius 3 is 2.92 bits per heavy atom. The molecule has 8 nitrogen and oxygen atoms in total. The fraction of sp³-hybridized carbons (Fsp3) is 0.333. The number of fused-ring (bicyclic) bond motifs is 1. The van der Waals surface area contributed by atoms with Crippen LogP contribution in [0.1, 0.15) is 13.3 Å². The van der Waals surface area contributed by atoms with E-state index in [0.717, 1.165) is 11.8 Å². The predicted octanol–water partition coefficient (Wildman–Crippen LogP) is 1.26. The topological polar surface area (TPSA) is 110 Å². The number of rotatable bonds is 4. The first-order chi connectivity index (χ1) is 11.5. The van der Waals surface area contributed by atoms with Crippen molar-refractivity contribution in [2.75, 3.05) is 6.61 Å². The minimum atomic E-state index is -1.03. The average Bonchev–Trinajstić information content (AvgIpc) is 2.91. The molecule has 2 aliphatic rings. The summed E-state index contributed by atoms with van der Waals surface area (Å²) in [5.41, 5.74) is 0.591. The lowest BCUT2D eigenvalue weighted by Gasteiger charge is -2.25. The minimum Gasteiger partial charge on any atom is -0.485 e. The number of benzene rings is 1. The largest absolute Gasteiger partial charge is 0.485 e. The van der Waals surface area contributed by atoms with Crippen LogP contribution in [-0.4, -0.2) is 45.8 Å². The van der Waals surface area contributed by atoms with Crippen LogP contribution in [0.4, 0.5) is 0 Å². The summed E-state index contributed by atoms with van der Waals surface area (Å²) >= 11 is 1.05. The molecule has 0 bridgehead atoms. The molecule has 1 fully saturated rings. The number of carboxylic acid groups (broad SMARTS) is 1. The maximum atomic E-state index is 11.6. The molecule has 1 saturated heterocycles. The molecule has 2 heterocycles. The highest BCUT2D eigenvalue weighted by Gasteiger charge is 2.32. The van der Waals surface area contributed by atoms with Gasteiger partial charge in [0.15, 0.2) is 22.8 Å². The number of thioether (sulfide) groups is 1. The monoisotopic (exact) mass is 349 g/mol. The van der Waals surface area contributed by atoms with Crippen LogP contribution < -0.4 is 14.8 Å². The van der Waals surface area contributed by atoms with E-state index >= 15 is 0 Å². The van der Waals surface area contributed by atoms with Crippen molar-refractivity contribution >= 4 is 34.5 Å². The smallest absolute Gasteiger partial charge is 0.305 e. The van der Waals surface area contributed by atoms with Gasteiger partial charge in [-0.3, -0.25) is 9.59 Å². The van der Waals surface area contributed by atoms with Gasteiger partial charge in [0.25, 0.3) is 0 Å². The third kappa shape index (κ3) is 3.67. The molecular weight excluding hydrogens is 334 g/mol. The maximum absolute atomic E-state index is 11.6. The van der Waals surface area contributed by atoms with Gasteiger partial charge in [-0.05, 0) is 19.1 Å². The Kier molecular flexibility index (Phi) is 4.70. The van der Waals surface area contributed by atoms with E-state index in [2.05, 4.69) is 15.5 Å². The summed E-state index contributed by atoms with van der Waals surface area (Å²) in [4.78, 5) is 22.3. The standard InChI is InChI=1S/C15H15N3O5S/c1-8(11-7-22-9-4-2-3-5-10(9)23-11)17-18-15-16-14(21)12(24-15)6-13(19)20/h2-5,11-12H,6-7H2,1H3,(H,19,20)(H,16,18,21)/b17-8+/t11-,12-/m1/s1. The highest BCUT2D eigenvalue weighted by atomic mass is 32.2. The van der Waals surface area contributed by atoms with Gasteiger partial charge in [-0.2, -0.15) is 5.10 Å². The first-order valence-electron chi connectivity index (χ1n) is 7.23. The van der Waals surface area contributed by atoms with E-state index < -0.39 is 11.2 Å². The van der Waals surface area contributed by atoms with E-state index in [9.17, 15) is 9.59 Å². The molecule has 0 aliphatic carbocycles. The molecule has 9 heteroatoms. The molecule has 0 unspecified atom stereocenters. The van der Waals surface area contributed by atoms with Crippen molar-refractivity contribution in [3.05, 3.63) is 24.3 Å². The van der Waals surface area contributed by atoms with Crippen LogP contribution in [0.2, 0.25) is 0 Å². The van der Waals surface area contributed by atoms with Gasteiger partial charge in [0.1, 0.15) is 11.9 Å². The lowest BCUT2D eigenvalue weighted by molar-refractivity contribution is -0.138. The molecule has 1 aromatic carbocycles. The summed E-state index contributed by atoms with van der Waals surface area (Å²) < 4.78 is 11.4. The number of hydrogen-bond acceptors (Lipinski definition) is 7. The summed E-state index contributed by atoms with van der Waals surface area (Å²) in [6, 6.07) is 7.35. The van der Waals surface area contributed by atoms with Gasteiger partial charge >= 0.3 is 5.97 Å². The number of carbonyl (C=O) groups is 2. The molecule has 2 aliphatic heterocycles. The van der Waals surface area contributed by atoms with Gasteiger partial charge in [0, 0.05) is 0 Å². The zero-order valence-electron chi connectivity index (χ0n) is 12.8. The summed E-state index contributed by atoms with van der Waals surface area (Å²) in [5, 5.41) is 18.9. The summed E-state index contributed by atoms with van der Waals surface area (Å²) in [6.07, 6.45) is -0.629. The molecular formula is C15H15N3O5S. The lowest BCUT2D eigenvalue weighted by Crippen LogP contribution is -2.35. The number of carbonyl (C=O) groups excluding carboxylic acids is 1. The van der Waals surface area contributed by atoms with Crippen molar-refractivity contribution in [3.8, 4) is 11.5 Å². The highest BCUT2D eigenvalue weighted by molar-refractivity contribution is 8.15. The van der Waals surface area contributed by atoms with E-state index in [1.165, 1.54) is 0 Å². The Labute approximate surface area is 141 Å². The molecule has 1 aromatic rings. The molecule has 24 heavy (non-hydrogen) atoms. The molecule has 126 valence electrons. The molecule has 2 atom stereocenters. The summed E-state index contributed by atoms with van der Waals surface area (Å²) in [6.45, 7) is 2.07. The lowest BCUT2D eigenvalue weighted by atomic mass is 10.2. The Hall–Kier alpha value is -2.55. The molecule has 0 spiro atoms. The molecule has 2 N–H and O–H groups in total. The van der Waals surface area contributed by atoms with Crippen LogP contribution >= 0.6 is 11.8 Å². The number of amidine groups is 1. The number of aliphatic carboxylic acids is 1. The zero-order valence-corrected chi connectivity index (χ0v) is 13.6. The summed E-state index contributed by atoms with van der Waals surface area (Å²) in [5.74, 6) is -0.0841. The second-order valence-corrected chi connectivity index (χ2v) is 6.40. The highest BCUT2D eigenvalue weighted by Crippen LogP contribution is 2.31. The van der Waals surface area contributed by atoms with Gasteiger partial charge in [-0.25, -0.2) is 0 Å². The first-order valence-corrected chi connectivity index (χ1v) is 8.11. The fourth-order valence-corrected chi connectivity index (χ4v) is 3.07. The second kappa shape index (κ2) is 6.91.